The van der Waals surface area contributed by atoms with Gasteiger partial charge in [-0.15, -0.1) is 0 Å². The van der Waals surface area contributed by atoms with Crippen LogP contribution in [0.25, 0.3) is 0 Å². The van der Waals surface area contributed by atoms with E-state index in [9.17, 15) is 22.8 Å². The number of hydrogen-bond acceptors (Lipinski definition) is 6. The second kappa shape index (κ2) is 7.41. The summed E-state index contributed by atoms with van der Waals surface area (Å²) in [6.45, 7) is 0.956. The Morgan fingerprint density at radius 3 is 1.93 bits per heavy atom. The van der Waals surface area contributed by atoms with Crippen LogP contribution in [0.5, 0.6) is 0 Å². The summed E-state index contributed by atoms with van der Waals surface area (Å²) in [6.07, 6.45) is 2.66. The summed E-state index contributed by atoms with van der Waals surface area (Å²) in [5, 5.41) is 0.422. The summed E-state index contributed by atoms with van der Waals surface area (Å²) in [5.41, 5.74) is 0.348. The summed E-state index contributed by atoms with van der Waals surface area (Å²) in [5.74, 6) is -2.37. The molecule has 0 unspecified atom stereocenters. The Hall–Kier alpha value is -3.04. The lowest BCUT2D eigenvalue weighted by molar-refractivity contribution is -0.0584. The summed E-state index contributed by atoms with van der Waals surface area (Å²) >= 11 is 0. The first kappa shape index (κ1) is 19.3. The lowest BCUT2D eigenvalue weighted by Crippen LogP contribution is -2.35. The van der Waals surface area contributed by atoms with E-state index < -0.39 is 27.8 Å². The second-order valence-corrected chi connectivity index (χ2v) is 8.76. The van der Waals surface area contributed by atoms with Crippen molar-refractivity contribution in [2.75, 3.05) is 13.1 Å². The van der Waals surface area contributed by atoms with Crippen LogP contribution < -0.4 is 0 Å². The van der Waals surface area contributed by atoms with E-state index in [2.05, 4.69) is 0 Å². The number of carbonyl (C=O) groups excluding carboxylic acids is 3. The van der Waals surface area contributed by atoms with E-state index in [-0.39, 0.29) is 21.6 Å². The van der Waals surface area contributed by atoms with Gasteiger partial charge in [-0.05, 0) is 49.2 Å². The maximum atomic E-state index is 12.7. The SMILES string of the molecule is O=C(ON1C(=O)c2ccccc2C1=O)c1ccc(S(=O)(=O)N2CCCCC2)cc1. The van der Waals surface area contributed by atoms with E-state index in [4.69, 9.17) is 4.84 Å². The van der Waals surface area contributed by atoms with Crippen molar-refractivity contribution in [3.8, 4) is 0 Å². The first-order valence-corrected chi connectivity index (χ1v) is 10.6. The molecule has 9 heteroatoms. The van der Waals surface area contributed by atoms with Gasteiger partial charge in [0.05, 0.1) is 21.6 Å². The number of hydrogen-bond donors (Lipinski definition) is 0. The number of rotatable bonds is 4. The number of hydroxylamine groups is 2. The molecular formula is C20H18N2O6S. The monoisotopic (exact) mass is 414 g/mol. The number of fused-ring (bicyclic) bond motifs is 1. The molecule has 0 bridgehead atoms. The third kappa shape index (κ3) is 3.43. The third-order valence-electron chi connectivity index (χ3n) is 4.97. The quantitative estimate of drug-likeness (QED) is 0.711. The number of imide groups is 1. The van der Waals surface area contributed by atoms with Gasteiger partial charge in [-0.3, -0.25) is 9.59 Å². The minimum Gasteiger partial charge on any atom is -0.324 e. The Bertz CT molecular complexity index is 1050. The highest BCUT2D eigenvalue weighted by Gasteiger charge is 2.38. The fraction of sp³-hybridized carbons (Fsp3) is 0.250. The number of nitrogens with zero attached hydrogens (tertiary/aromatic N) is 2. The zero-order valence-electron chi connectivity index (χ0n) is 15.4. The van der Waals surface area contributed by atoms with Crippen LogP contribution in [0, 0.1) is 0 Å². The molecule has 2 aromatic rings. The van der Waals surface area contributed by atoms with Gasteiger partial charge in [0.2, 0.25) is 10.0 Å². The van der Waals surface area contributed by atoms with Crippen molar-refractivity contribution in [2.45, 2.75) is 24.2 Å². The van der Waals surface area contributed by atoms with Crippen LogP contribution in [-0.4, -0.2) is 48.7 Å². The molecule has 1 saturated heterocycles. The fourth-order valence-electron chi connectivity index (χ4n) is 3.40. The summed E-state index contributed by atoms with van der Waals surface area (Å²) < 4.78 is 26.8. The van der Waals surface area contributed by atoms with Gasteiger partial charge < -0.3 is 4.84 Å². The Morgan fingerprint density at radius 1 is 0.828 bits per heavy atom. The Morgan fingerprint density at radius 2 is 1.38 bits per heavy atom. The van der Waals surface area contributed by atoms with Crippen LogP contribution in [0.4, 0.5) is 0 Å². The molecule has 0 saturated carbocycles. The molecule has 4 rings (SSSR count). The lowest BCUT2D eigenvalue weighted by Gasteiger charge is -2.25. The van der Waals surface area contributed by atoms with Crippen molar-refractivity contribution < 1.29 is 27.6 Å². The molecular weight excluding hydrogens is 396 g/mol. The standard InChI is InChI=1S/C20H18N2O6S/c23-18-16-6-2-3-7-17(16)19(24)22(18)28-20(25)14-8-10-15(11-9-14)29(26,27)21-12-4-1-5-13-21/h2-3,6-11H,1,4-5,12-13H2. The van der Waals surface area contributed by atoms with Crippen LogP contribution >= 0.6 is 0 Å². The average molecular weight is 414 g/mol. The van der Waals surface area contributed by atoms with Gasteiger partial charge in [-0.1, -0.05) is 23.6 Å². The van der Waals surface area contributed by atoms with Gasteiger partial charge in [0.1, 0.15) is 0 Å². The normalized spacial score (nSPS) is 17.3. The van der Waals surface area contributed by atoms with Crippen molar-refractivity contribution >= 4 is 27.8 Å². The Labute approximate surface area is 167 Å². The van der Waals surface area contributed by atoms with E-state index >= 15 is 0 Å². The van der Waals surface area contributed by atoms with Crippen LogP contribution in [0.2, 0.25) is 0 Å². The molecule has 29 heavy (non-hydrogen) atoms. The molecule has 2 aromatic carbocycles. The predicted molar refractivity (Wildman–Crippen MR) is 101 cm³/mol. The molecule has 0 N–H and O–H groups in total. The van der Waals surface area contributed by atoms with Gasteiger partial charge in [0.15, 0.2) is 0 Å². The van der Waals surface area contributed by atoms with E-state index in [1.165, 1.54) is 40.7 Å². The van der Waals surface area contributed by atoms with E-state index in [0.29, 0.717) is 18.2 Å². The highest BCUT2D eigenvalue weighted by Crippen LogP contribution is 2.24. The van der Waals surface area contributed by atoms with Crippen LogP contribution in [0.3, 0.4) is 0 Å². The molecule has 2 heterocycles. The van der Waals surface area contributed by atoms with Crippen molar-refractivity contribution in [3.63, 3.8) is 0 Å². The fourth-order valence-corrected chi connectivity index (χ4v) is 4.92. The van der Waals surface area contributed by atoms with Crippen LogP contribution in [0.15, 0.2) is 53.4 Å². The average Bonchev–Trinajstić information content (AvgIpc) is 2.99. The summed E-state index contributed by atoms with van der Waals surface area (Å²) in [7, 11) is -3.62. The van der Waals surface area contributed by atoms with Gasteiger partial charge in [0, 0.05) is 13.1 Å². The smallest absolute Gasteiger partial charge is 0.324 e. The van der Waals surface area contributed by atoms with Gasteiger partial charge in [0.25, 0.3) is 11.8 Å². The second-order valence-electron chi connectivity index (χ2n) is 6.82. The minimum atomic E-state index is -3.62. The molecule has 2 aliphatic rings. The lowest BCUT2D eigenvalue weighted by atomic mass is 10.1. The summed E-state index contributed by atoms with van der Waals surface area (Å²) in [4.78, 5) is 42.0. The largest absolute Gasteiger partial charge is 0.363 e. The highest BCUT2D eigenvalue weighted by atomic mass is 32.2. The van der Waals surface area contributed by atoms with Gasteiger partial charge >= 0.3 is 5.97 Å². The molecule has 0 radical (unpaired) electrons. The number of carbonyl (C=O) groups is 3. The molecule has 150 valence electrons. The zero-order valence-corrected chi connectivity index (χ0v) is 16.2. The van der Waals surface area contributed by atoms with Crippen LogP contribution in [-0.2, 0) is 14.9 Å². The maximum absolute atomic E-state index is 12.7. The number of sulfonamides is 1. The Balaban J connectivity index is 1.49. The van der Waals surface area contributed by atoms with Crippen molar-refractivity contribution in [3.05, 3.63) is 65.2 Å². The number of amides is 2. The van der Waals surface area contributed by atoms with Crippen molar-refractivity contribution in [1.29, 1.82) is 0 Å². The number of piperidine rings is 1. The molecule has 0 aliphatic carbocycles. The first-order valence-electron chi connectivity index (χ1n) is 9.20. The minimum absolute atomic E-state index is 0.0270. The van der Waals surface area contributed by atoms with Crippen molar-refractivity contribution in [1.82, 2.24) is 9.37 Å². The van der Waals surface area contributed by atoms with Crippen molar-refractivity contribution in [2.24, 2.45) is 0 Å². The molecule has 0 aromatic heterocycles. The summed E-state index contributed by atoms with van der Waals surface area (Å²) in [6, 6.07) is 11.4. The molecule has 8 nitrogen and oxygen atoms in total. The molecule has 2 aliphatic heterocycles. The van der Waals surface area contributed by atoms with E-state index in [0.717, 1.165) is 19.3 Å². The van der Waals surface area contributed by atoms with Gasteiger partial charge in [-0.2, -0.15) is 4.31 Å². The highest BCUT2D eigenvalue weighted by molar-refractivity contribution is 7.89. The topological polar surface area (TPSA) is 101 Å². The maximum Gasteiger partial charge on any atom is 0.363 e. The van der Waals surface area contributed by atoms with Gasteiger partial charge in [-0.25, -0.2) is 13.2 Å². The van der Waals surface area contributed by atoms with Crippen LogP contribution in [0.1, 0.15) is 50.3 Å². The number of benzene rings is 2. The molecule has 1 fully saturated rings. The molecule has 2 amide bonds. The Kier molecular flexibility index (Phi) is 4.93. The van der Waals surface area contributed by atoms with E-state index in [1.54, 1.807) is 12.1 Å². The molecule has 0 spiro atoms. The third-order valence-corrected chi connectivity index (χ3v) is 6.89. The predicted octanol–water partition coefficient (Wildman–Crippen LogP) is 2.23. The zero-order chi connectivity index (χ0) is 20.6. The molecule has 0 atom stereocenters. The first-order chi connectivity index (χ1) is 13.9. The van der Waals surface area contributed by atoms with E-state index in [1.807, 2.05) is 0 Å².